The number of aliphatic hydroxyl groups is 1. The molecule has 5 nitrogen and oxygen atoms in total. The van der Waals surface area contributed by atoms with Crippen LogP contribution in [-0.4, -0.2) is 61.0 Å². The summed E-state index contributed by atoms with van der Waals surface area (Å²) >= 11 is 0. The number of rotatable bonds is 6. The first-order valence-electron chi connectivity index (χ1n) is 6.66. The maximum atomic E-state index is 11.2. The van der Waals surface area contributed by atoms with Gasteiger partial charge in [-0.25, -0.2) is 0 Å². The fourth-order valence-corrected chi connectivity index (χ4v) is 2.21. The molecule has 5 heteroatoms. The van der Waals surface area contributed by atoms with Crippen molar-refractivity contribution in [2.24, 2.45) is 0 Å². The summed E-state index contributed by atoms with van der Waals surface area (Å²) in [6.07, 6.45) is 1.64. The molecule has 0 aliphatic carbocycles. The van der Waals surface area contributed by atoms with E-state index in [2.05, 4.69) is 9.64 Å². The monoisotopic (exact) mass is 259 g/mol. The van der Waals surface area contributed by atoms with E-state index in [1.165, 1.54) is 7.11 Å². The Morgan fingerprint density at radius 3 is 2.72 bits per heavy atom. The van der Waals surface area contributed by atoms with Crippen LogP contribution in [0.2, 0.25) is 0 Å². The quantitative estimate of drug-likeness (QED) is 0.715. The second-order valence-electron chi connectivity index (χ2n) is 4.94. The summed E-state index contributed by atoms with van der Waals surface area (Å²) in [6.45, 7) is 6.72. The molecule has 18 heavy (non-hydrogen) atoms. The van der Waals surface area contributed by atoms with Crippen LogP contribution in [0.5, 0.6) is 0 Å². The summed E-state index contributed by atoms with van der Waals surface area (Å²) in [7, 11) is 1.38. The van der Waals surface area contributed by atoms with E-state index in [1.807, 2.05) is 13.8 Å². The van der Waals surface area contributed by atoms with Crippen molar-refractivity contribution in [3.63, 3.8) is 0 Å². The fraction of sp³-hybridized carbons (Fsp3) is 0.923. The summed E-state index contributed by atoms with van der Waals surface area (Å²) in [5.74, 6) is -0.247. The highest BCUT2D eigenvalue weighted by atomic mass is 16.5. The van der Waals surface area contributed by atoms with Crippen molar-refractivity contribution < 1.29 is 19.4 Å². The highest BCUT2D eigenvalue weighted by Gasteiger charge is 2.30. The number of hydrogen-bond donors (Lipinski definition) is 1. The third-order valence-electron chi connectivity index (χ3n) is 3.68. The summed E-state index contributed by atoms with van der Waals surface area (Å²) in [5.41, 5.74) is -0.632. The molecule has 0 aromatic carbocycles. The predicted molar refractivity (Wildman–Crippen MR) is 68.3 cm³/mol. The van der Waals surface area contributed by atoms with Gasteiger partial charge >= 0.3 is 5.97 Å². The zero-order chi connectivity index (χ0) is 13.6. The van der Waals surface area contributed by atoms with Crippen molar-refractivity contribution in [2.45, 2.75) is 44.8 Å². The Hall–Kier alpha value is -0.650. The lowest BCUT2D eigenvalue weighted by atomic mass is 9.96. The summed E-state index contributed by atoms with van der Waals surface area (Å²) < 4.78 is 10.2. The lowest BCUT2D eigenvalue weighted by molar-refractivity contribution is -0.146. The van der Waals surface area contributed by atoms with Gasteiger partial charge in [0.05, 0.1) is 31.8 Å². The van der Waals surface area contributed by atoms with Gasteiger partial charge in [0.2, 0.25) is 0 Å². The van der Waals surface area contributed by atoms with Crippen LogP contribution in [0.4, 0.5) is 0 Å². The highest BCUT2D eigenvalue weighted by molar-refractivity contribution is 5.69. The molecular formula is C13H25NO4. The van der Waals surface area contributed by atoms with Gasteiger partial charge in [0.1, 0.15) is 0 Å². The third-order valence-corrected chi connectivity index (χ3v) is 3.68. The van der Waals surface area contributed by atoms with Crippen LogP contribution in [0.1, 0.15) is 33.1 Å². The number of β-amino-alcohol motifs (C(OH)–C–C–N with tert-alkyl or cyclic N) is 1. The molecule has 1 rings (SSSR count). The van der Waals surface area contributed by atoms with Crippen LogP contribution in [0.25, 0.3) is 0 Å². The molecule has 1 fully saturated rings. The molecule has 1 aliphatic heterocycles. The maximum Gasteiger partial charge on any atom is 0.308 e. The maximum absolute atomic E-state index is 11.2. The number of esters is 1. The molecule has 1 aliphatic rings. The van der Waals surface area contributed by atoms with Gasteiger partial charge in [-0.1, -0.05) is 13.8 Å². The van der Waals surface area contributed by atoms with E-state index in [-0.39, 0.29) is 18.5 Å². The molecule has 1 saturated heterocycles. The molecule has 0 aromatic heterocycles. The van der Waals surface area contributed by atoms with Crippen LogP contribution in [-0.2, 0) is 14.3 Å². The van der Waals surface area contributed by atoms with E-state index in [0.717, 1.165) is 19.4 Å². The van der Waals surface area contributed by atoms with E-state index >= 15 is 0 Å². The van der Waals surface area contributed by atoms with Crippen molar-refractivity contribution >= 4 is 5.97 Å². The summed E-state index contributed by atoms with van der Waals surface area (Å²) in [4.78, 5) is 13.4. The number of ether oxygens (including phenoxy) is 2. The first-order chi connectivity index (χ1) is 8.53. The van der Waals surface area contributed by atoms with Crippen LogP contribution >= 0.6 is 0 Å². The fourth-order valence-electron chi connectivity index (χ4n) is 2.21. The average molecular weight is 259 g/mol. The molecule has 1 atom stereocenters. The van der Waals surface area contributed by atoms with E-state index in [4.69, 9.17) is 4.74 Å². The zero-order valence-electron chi connectivity index (χ0n) is 11.6. The topological polar surface area (TPSA) is 59.0 Å². The smallest absolute Gasteiger partial charge is 0.308 e. The molecular weight excluding hydrogens is 234 g/mol. The van der Waals surface area contributed by atoms with Crippen LogP contribution < -0.4 is 0 Å². The van der Waals surface area contributed by atoms with Crippen molar-refractivity contribution in [1.82, 2.24) is 4.90 Å². The second-order valence-corrected chi connectivity index (χ2v) is 4.94. The number of carbonyl (C=O) groups is 1. The number of hydrogen-bond acceptors (Lipinski definition) is 5. The number of methoxy groups -OCH3 is 1. The van der Waals surface area contributed by atoms with Crippen LogP contribution in [0, 0.1) is 0 Å². The van der Waals surface area contributed by atoms with E-state index in [9.17, 15) is 9.90 Å². The first-order valence-corrected chi connectivity index (χ1v) is 6.66. The van der Waals surface area contributed by atoms with Gasteiger partial charge in [-0.05, 0) is 12.8 Å². The van der Waals surface area contributed by atoms with Crippen molar-refractivity contribution in [3.05, 3.63) is 0 Å². The number of carbonyl (C=O) groups excluding carboxylic acids is 1. The highest BCUT2D eigenvalue weighted by Crippen LogP contribution is 2.19. The number of morpholine rings is 1. The Bertz CT molecular complexity index is 266. The van der Waals surface area contributed by atoms with E-state index < -0.39 is 5.60 Å². The SMILES string of the molecule is CCC(O)(CC)CN1CCOC(CC(=O)OC)C1. The Morgan fingerprint density at radius 1 is 1.50 bits per heavy atom. The van der Waals surface area contributed by atoms with E-state index in [0.29, 0.717) is 19.7 Å². The predicted octanol–water partition coefficient (Wildman–Crippen LogP) is 0.801. The standard InChI is InChI=1S/C13H25NO4/c1-4-13(16,5-2)10-14-6-7-18-11(9-14)8-12(15)17-3/h11,16H,4-10H2,1-3H3. The average Bonchev–Trinajstić information content (AvgIpc) is 2.38. The summed E-state index contributed by atoms with van der Waals surface area (Å²) in [5, 5.41) is 10.3. The van der Waals surface area contributed by atoms with Gasteiger partial charge in [0.25, 0.3) is 0 Å². The molecule has 0 aromatic rings. The first kappa shape index (κ1) is 15.4. The van der Waals surface area contributed by atoms with Gasteiger partial charge in [0.15, 0.2) is 0 Å². The third kappa shape index (κ3) is 4.55. The minimum atomic E-state index is -0.632. The molecule has 0 radical (unpaired) electrons. The normalized spacial score (nSPS) is 21.9. The molecule has 1 unspecified atom stereocenters. The minimum absolute atomic E-state index is 0.121. The molecule has 106 valence electrons. The lowest BCUT2D eigenvalue weighted by Gasteiger charge is -2.37. The van der Waals surface area contributed by atoms with Crippen molar-refractivity contribution in [3.8, 4) is 0 Å². The minimum Gasteiger partial charge on any atom is -0.469 e. The van der Waals surface area contributed by atoms with Crippen molar-refractivity contribution in [2.75, 3.05) is 33.4 Å². The molecule has 1 heterocycles. The van der Waals surface area contributed by atoms with Gasteiger partial charge in [-0.3, -0.25) is 9.69 Å². The van der Waals surface area contributed by atoms with Crippen molar-refractivity contribution in [1.29, 1.82) is 0 Å². The molecule has 1 N–H and O–H groups in total. The Labute approximate surface area is 109 Å². The Morgan fingerprint density at radius 2 is 2.17 bits per heavy atom. The molecule has 0 saturated carbocycles. The van der Waals surface area contributed by atoms with Crippen LogP contribution in [0.3, 0.4) is 0 Å². The number of nitrogens with zero attached hydrogens (tertiary/aromatic N) is 1. The second kappa shape index (κ2) is 7.07. The molecule has 0 bridgehead atoms. The molecule has 0 spiro atoms. The van der Waals surface area contributed by atoms with E-state index in [1.54, 1.807) is 0 Å². The Balaban J connectivity index is 2.46. The summed E-state index contributed by atoms with van der Waals surface area (Å²) in [6, 6.07) is 0. The largest absolute Gasteiger partial charge is 0.469 e. The Kier molecular flexibility index (Phi) is 6.05. The van der Waals surface area contributed by atoms with Crippen LogP contribution in [0.15, 0.2) is 0 Å². The lowest BCUT2D eigenvalue weighted by Crippen LogP contribution is -2.50. The van der Waals surface area contributed by atoms with Gasteiger partial charge in [0, 0.05) is 19.6 Å². The van der Waals surface area contributed by atoms with Gasteiger partial charge in [-0.2, -0.15) is 0 Å². The van der Waals surface area contributed by atoms with Gasteiger partial charge < -0.3 is 14.6 Å². The van der Waals surface area contributed by atoms with Gasteiger partial charge in [-0.15, -0.1) is 0 Å². The molecule has 0 amide bonds. The zero-order valence-corrected chi connectivity index (χ0v) is 11.6.